The van der Waals surface area contributed by atoms with Crippen LogP contribution < -0.4 is 0 Å². The summed E-state index contributed by atoms with van der Waals surface area (Å²) >= 11 is 1.53. The van der Waals surface area contributed by atoms with Crippen molar-refractivity contribution in [2.45, 2.75) is 19.4 Å². The molecule has 0 fully saturated rings. The molecule has 1 aliphatic rings. The van der Waals surface area contributed by atoms with E-state index in [0.29, 0.717) is 10.6 Å². The third kappa shape index (κ3) is 3.64. The van der Waals surface area contributed by atoms with Crippen LogP contribution in [-0.2, 0) is 19.4 Å². The van der Waals surface area contributed by atoms with Crippen molar-refractivity contribution in [2.24, 2.45) is 0 Å². The monoisotopic (exact) mass is 340 g/mol. The number of hydrogen-bond donors (Lipinski definition) is 0. The van der Waals surface area contributed by atoms with Gasteiger partial charge in [0.15, 0.2) is 5.01 Å². The zero-order valence-corrected chi connectivity index (χ0v) is 14.8. The summed E-state index contributed by atoms with van der Waals surface area (Å²) in [7, 11) is 3.51. The van der Waals surface area contributed by atoms with E-state index in [0.717, 1.165) is 43.7 Å². The topological polar surface area (TPSA) is 60.2 Å². The van der Waals surface area contributed by atoms with E-state index in [4.69, 9.17) is 5.26 Å². The van der Waals surface area contributed by atoms with E-state index in [1.165, 1.54) is 16.2 Å². The van der Waals surface area contributed by atoms with Gasteiger partial charge in [-0.25, -0.2) is 4.98 Å². The summed E-state index contributed by atoms with van der Waals surface area (Å²) in [5.74, 6) is -0.0155. The first-order chi connectivity index (χ1) is 11.6. The number of hydrogen-bond acceptors (Lipinski definition) is 5. The summed E-state index contributed by atoms with van der Waals surface area (Å²) in [4.78, 5) is 21.8. The van der Waals surface area contributed by atoms with Crippen LogP contribution in [0.15, 0.2) is 24.3 Å². The van der Waals surface area contributed by atoms with Crippen LogP contribution in [0.3, 0.4) is 0 Å². The Hall–Kier alpha value is -2.23. The molecule has 1 aromatic heterocycles. The Morgan fingerprint density at radius 2 is 2.17 bits per heavy atom. The molecule has 0 N–H and O–H groups in total. The molecule has 3 rings (SSSR count). The predicted octanol–water partition coefficient (Wildman–Crippen LogP) is 2.32. The number of fused-ring (bicyclic) bond motifs is 1. The molecular weight excluding hydrogens is 320 g/mol. The maximum Gasteiger partial charge on any atom is 0.282 e. The highest BCUT2D eigenvalue weighted by molar-refractivity contribution is 7.13. The van der Waals surface area contributed by atoms with E-state index in [2.05, 4.69) is 22.0 Å². The fourth-order valence-corrected chi connectivity index (χ4v) is 3.97. The number of rotatable bonds is 3. The number of nitrogens with zero attached hydrogens (tertiary/aromatic N) is 4. The van der Waals surface area contributed by atoms with Gasteiger partial charge < -0.3 is 4.90 Å². The van der Waals surface area contributed by atoms with E-state index in [1.54, 1.807) is 19.0 Å². The molecule has 5 nitrogen and oxygen atoms in total. The predicted molar refractivity (Wildman–Crippen MR) is 94.0 cm³/mol. The maximum atomic E-state index is 12.1. The normalized spacial score (nSPS) is 14.5. The minimum Gasteiger partial charge on any atom is -0.343 e. The van der Waals surface area contributed by atoms with Crippen LogP contribution in [0.5, 0.6) is 0 Å². The van der Waals surface area contributed by atoms with Crippen LogP contribution >= 0.6 is 11.3 Å². The first kappa shape index (κ1) is 16.6. The second-order valence-electron chi connectivity index (χ2n) is 6.18. The second kappa shape index (κ2) is 7.12. The van der Waals surface area contributed by atoms with E-state index >= 15 is 0 Å². The van der Waals surface area contributed by atoms with Crippen molar-refractivity contribution in [1.82, 2.24) is 14.8 Å². The van der Waals surface area contributed by atoms with Gasteiger partial charge in [0, 0.05) is 45.0 Å². The van der Waals surface area contributed by atoms with Crippen molar-refractivity contribution in [3.63, 3.8) is 0 Å². The van der Waals surface area contributed by atoms with Gasteiger partial charge in [-0.3, -0.25) is 9.69 Å². The Labute approximate surface area is 146 Å². The van der Waals surface area contributed by atoms with Gasteiger partial charge in [-0.1, -0.05) is 12.1 Å². The van der Waals surface area contributed by atoms with Crippen molar-refractivity contribution in [3.8, 4) is 6.07 Å². The molecule has 0 bridgehead atoms. The molecule has 2 aromatic rings. The van der Waals surface area contributed by atoms with Gasteiger partial charge in [-0.2, -0.15) is 5.26 Å². The maximum absolute atomic E-state index is 12.1. The lowest BCUT2D eigenvalue weighted by molar-refractivity contribution is 0.0827. The molecule has 24 heavy (non-hydrogen) atoms. The number of carbonyl (C=O) groups excluding carboxylic acids is 1. The fourth-order valence-electron chi connectivity index (χ4n) is 2.85. The average molecular weight is 340 g/mol. The summed E-state index contributed by atoms with van der Waals surface area (Å²) < 4.78 is 0. The molecule has 1 aliphatic heterocycles. The Bertz CT molecular complexity index is 765. The Morgan fingerprint density at radius 3 is 2.92 bits per heavy atom. The highest BCUT2D eigenvalue weighted by Crippen LogP contribution is 2.24. The zero-order valence-electron chi connectivity index (χ0n) is 14.0. The van der Waals surface area contributed by atoms with E-state index in [9.17, 15) is 4.79 Å². The summed E-state index contributed by atoms with van der Waals surface area (Å²) in [6, 6.07) is 9.97. The molecule has 0 spiro atoms. The number of aromatic nitrogens is 1. The Balaban J connectivity index is 1.67. The van der Waals surface area contributed by atoms with Crippen molar-refractivity contribution in [3.05, 3.63) is 51.0 Å². The Morgan fingerprint density at radius 1 is 1.38 bits per heavy atom. The summed E-state index contributed by atoms with van der Waals surface area (Å²) in [6.45, 7) is 2.71. The summed E-state index contributed by atoms with van der Waals surface area (Å²) in [5.41, 5.74) is 2.93. The molecule has 0 saturated carbocycles. The van der Waals surface area contributed by atoms with Crippen LogP contribution in [0.25, 0.3) is 0 Å². The van der Waals surface area contributed by atoms with E-state index < -0.39 is 0 Å². The molecule has 1 amide bonds. The molecule has 124 valence electrons. The molecule has 6 heteroatoms. The number of thiazole rings is 1. The smallest absolute Gasteiger partial charge is 0.282 e. The van der Waals surface area contributed by atoms with Crippen molar-refractivity contribution in [1.29, 1.82) is 5.26 Å². The molecule has 0 radical (unpaired) electrons. The lowest BCUT2D eigenvalue weighted by Crippen LogP contribution is -2.26. The van der Waals surface area contributed by atoms with Crippen LogP contribution in [0, 0.1) is 11.3 Å². The standard InChI is InChI=1S/C18H20N4OS/c1-21(2)18(23)17-20-15-6-8-22(9-7-16(15)24-17)12-14-5-3-4-13(10-14)11-19/h3-5,10H,6-9,12H2,1-2H3. The highest BCUT2D eigenvalue weighted by atomic mass is 32.1. The van der Waals surface area contributed by atoms with Gasteiger partial charge in [0.25, 0.3) is 5.91 Å². The summed E-state index contributed by atoms with van der Waals surface area (Å²) in [5, 5.41) is 9.61. The molecule has 1 aromatic carbocycles. The largest absolute Gasteiger partial charge is 0.343 e. The van der Waals surface area contributed by atoms with Crippen LogP contribution in [0.4, 0.5) is 0 Å². The van der Waals surface area contributed by atoms with E-state index in [-0.39, 0.29) is 5.91 Å². The van der Waals surface area contributed by atoms with Gasteiger partial charge in [0.2, 0.25) is 0 Å². The Kier molecular flexibility index (Phi) is 4.93. The number of amides is 1. The quantitative estimate of drug-likeness (QED) is 0.860. The van der Waals surface area contributed by atoms with Gasteiger partial charge in [0.05, 0.1) is 17.3 Å². The molecule has 2 heterocycles. The van der Waals surface area contributed by atoms with Gasteiger partial charge in [-0.15, -0.1) is 11.3 Å². The number of carbonyl (C=O) groups is 1. The van der Waals surface area contributed by atoms with Gasteiger partial charge in [-0.05, 0) is 24.1 Å². The van der Waals surface area contributed by atoms with E-state index in [1.807, 2.05) is 18.2 Å². The first-order valence-corrected chi connectivity index (χ1v) is 8.80. The van der Waals surface area contributed by atoms with Crippen molar-refractivity contribution in [2.75, 3.05) is 27.2 Å². The highest BCUT2D eigenvalue weighted by Gasteiger charge is 2.21. The zero-order chi connectivity index (χ0) is 17.1. The SMILES string of the molecule is CN(C)C(=O)c1nc2c(s1)CCN(Cc1cccc(C#N)c1)CC2. The fraction of sp³-hybridized carbons (Fsp3) is 0.389. The molecule has 0 atom stereocenters. The first-order valence-electron chi connectivity index (χ1n) is 7.98. The molecule has 0 saturated heterocycles. The number of benzene rings is 1. The second-order valence-corrected chi connectivity index (χ2v) is 7.26. The van der Waals surface area contributed by atoms with Crippen LogP contribution in [-0.4, -0.2) is 47.9 Å². The average Bonchev–Trinajstić information content (AvgIpc) is 2.91. The molecule has 0 unspecified atom stereocenters. The van der Waals surface area contributed by atoms with Crippen molar-refractivity contribution < 1.29 is 4.79 Å². The van der Waals surface area contributed by atoms with Crippen molar-refractivity contribution >= 4 is 17.2 Å². The van der Waals surface area contributed by atoms with Gasteiger partial charge in [0.1, 0.15) is 0 Å². The lowest BCUT2D eigenvalue weighted by Gasteiger charge is -2.19. The minimum atomic E-state index is -0.0155. The molecule has 0 aliphatic carbocycles. The third-order valence-electron chi connectivity index (χ3n) is 4.15. The lowest BCUT2D eigenvalue weighted by atomic mass is 10.1. The van der Waals surface area contributed by atoms with Gasteiger partial charge >= 0.3 is 0 Å². The third-order valence-corrected chi connectivity index (χ3v) is 5.29. The number of nitriles is 1. The van der Waals surface area contributed by atoms with Crippen LogP contribution in [0.2, 0.25) is 0 Å². The van der Waals surface area contributed by atoms with Crippen LogP contribution in [0.1, 0.15) is 31.5 Å². The minimum absolute atomic E-state index is 0.0155. The summed E-state index contributed by atoms with van der Waals surface area (Å²) in [6.07, 6.45) is 1.79. The molecular formula is C18H20N4OS.